The van der Waals surface area contributed by atoms with Crippen LogP contribution in [0.4, 0.5) is 23.2 Å². The third-order valence-corrected chi connectivity index (χ3v) is 5.92. The number of benzene rings is 3. The van der Waals surface area contributed by atoms with Crippen LogP contribution in [0.25, 0.3) is 12.2 Å². The smallest absolute Gasteiger partial charge is 0.325 e. The predicted molar refractivity (Wildman–Crippen MR) is 127 cm³/mol. The minimum absolute atomic E-state index is 0.0317. The minimum Gasteiger partial charge on any atom is -0.325 e. The van der Waals surface area contributed by atoms with Crippen LogP contribution >= 0.6 is 11.8 Å². The van der Waals surface area contributed by atoms with E-state index in [1.165, 1.54) is 24.3 Å². The fourth-order valence-corrected chi connectivity index (χ4v) is 4.04. The van der Waals surface area contributed by atoms with Gasteiger partial charge in [0.05, 0.1) is 5.56 Å². The number of hydrogen-bond acceptors (Lipinski definition) is 4. The van der Waals surface area contributed by atoms with E-state index in [0.717, 1.165) is 29.5 Å². The standard InChI is InChI=1S/C25H18F4N4OS/c26-19-12-9-16(10-13-19)11-14-21-31-24(33-32-21)35-22(17-5-2-1-3-6-17)23(34)30-20-8-4-7-18(15-20)25(27,28)29/h1-15,22H,(H,30,34)(H,31,32,33)/b14-11+. The molecule has 178 valence electrons. The lowest BCUT2D eigenvalue weighted by Gasteiger charge is -2.16. The molecule has 0 aliphatic carbocycles. The third kappa shape index (κ3) is 6.57. The summed E-state index contributed by atoms with van der Waals surface area (Å²) in [5.41, 5.74) is 0.574. The van der Waals surface area contributed by atoms with Crippen molar-refractivity contribution in [3.05, 3.63) is 107 Å². The number of nitrogens with one attached hydrogen (secondary N) is 2. The molecule has 5 nitrogen and oxygen atoms in total. The number of carbonyl (C=O) groups excluding carboxylic acids is 1. The Morgan fingerprint density at radius 2 is 1.71 bits per heavy atom. The molecular formula is C25H18F4N4OS. The van der Waals surface area contributed by atoms with Gasteiger partial charge in [0, 0.05) is 5.69 Å². The Morgan fingerprint density at radius 3 is 2.43 bits per heavy atom. The van der Waals surface area contributed by atoms with Gasteiger partial charge in [-0.15, -0.1) is 5.10 Å². The molecule has 1 unspecified atom stereocenters. The van der Waals surface area contributed by atoms with Gasteiger partial charge in [-0.05, 0) is 47.5 Å². The van der Waals surface area contributed by atoms with Crippen molar-refractivity contribution in [1.82, 2.24) is 15.2 Å². The molecule has 4 aromatic rings. The van der Waals surface area contributed by atoms with Gasteiger partial charge in [-0.1, -0.05) is 66.4 Å². The summed E-state index contributed by atoms with van der Waals surface area (Å²) >= 11 is 1.05. The van der Waals surface area contributed by atoms with Gasteiger partial charge in [-0.3, -0.25) is 9.89 Å². The van der Waals surface area contributed by atoms with Crippen molar-refractivity contribution in [1.29, 1.82) is 0 Å². The van der Waals surface area contributed by atoms with E-state index in [2.05, 4.69) is 20.5 Å². The van der Waals surface area contributed by atoms with Crippen molar-refractivity contribution < 1.29 is 22.4 Å². The number of alkyl halides is 3. The number of amides is 1. The average molecular weight is 499 g/mol. The highest BCUT2D eigenvalue weighted by Gasteiger charge is 2.31. The van der Waals surface area contributed by atoms with Gasteiger partial charge in [0.25, 0.3) is 0 Å². The molecule has 0 saturated carbocycles. The van der Waals surface area contributed by atoms with Gasteiger partial charge >= 0.3 is 6.18 Å². The zero-order valence-corrected chi connectivity index (χ0v) is 18.8. The van der Waals surface area contributed by atoms with Gasteiger partial charge in [0.2, 0.25) is 11.1 Å². The van der Waals surface area contributed by atoms with Crippen LogP contribution in [-0.4, -0.2) is 21.1 Å². The molecule has 1 heterocycles. The number of carbonyl (C=O) groups is 1. The maximum Gasteiger partial charge on any atom is 0.416 e. The average Bonchev–Trinajstić information content (AvgIpc) is 3.30. The first-order chi connectivity index (χ1) is 16.8. The number of thioether (sulfide) groups is 1. The fourth-order valence-electron chi connectivity index (χ4n) is 3.12. The molecule has 0 aliphatic rings. The zero-order valence-electron chi connectivity index (χ0n) is 18.0. The molecule has 0 radical (unpaired) electrons. The molecule has 1 aromatic heterocycles. The Labute approximate surface area is 202 Å². The van der Waals surface area contributed by atoms with Crippen molar-refractivity contribution in [3.8, 4) is 0 Å². The van der Waals surface area contributed by atoms with E-state index in [4.69, 9.17) is 0 Å². The summed E-state index contributed by atoms with van der Waals surface area (Å²) in [4.78, 5) is 17.5. The molecule has 0 saturated heterocycles. The summed E-state index contributed by atoms with van der Waals surface area (Å²) in [6.45, 7) is 0. The Morgan fingerprint density at radius 1 is 0.971 bits per heavy atom. The number of halogens is 4. The monoisotopic (exact) mass is 498 g/mol. The van der Waals surface area contributed by atoms with Crippen LogP contribution < -0.4 is 5.32 Å². The second-order valence-electron chi connectivity index (χ2n) is 7.36. The number of hydrogen-bond donors (Lipinski definition) is 2. The van der Waals surface area contributed by atoms with Crippen molar-refractivity contribution in [3.63, 3.8) is 0 Å². The second kappa shape index (κ2) is 10.6. The van der Waals surface area contributed by atoms with Crippen LogP contribution in [0.3, 0.4) is 0 Å². The lowest BCUT2D eigenvalue weighted by molar-refractivity contribution is -0.137. The first kappa shape index (κ1) is 24.2. The quantitative estimate of drug-likeness (QED) is 0.222. The Balaban J connectivity index is 1.52. The van der Waals surface area contributed by atoms with Crippen molar-refractivity contribution >= 4 is 35.5 Å². The van der Waals surface area contributed by atoms with Crippen molar-refractivity contribution in [2.45, 2.75) is 16.6 Å². The molecule has 3 aromatic carbocycles. The summed E-state index contributed by atoms with van der Waals surface area (Å²) in [5.74, 6) is -0.438. The summed E-state index contributed by atoms with van der Waals surface area (Å²) in [6, 6.07) is 19.2. The number of H-pyrrole nitrogens is 1. The Kier molecular flexibility index (Phi) is 7.31. The van der Waals surface area contributed by atoms with E-state index in [0.29, 0.717) is 11.4 Å². The van der Waals surface area contributed by atoms with E-state index in [1.54, 1.807) is 54.6 Å². The van der Waals surface area contributed by atoms with Crippen LogP contribution in [0, 0.1) is 5.82 Å². The fraction of sp³-hybridized carbons (Fsp3) is 0.0800. The van der Waals surface area contributed by atoms with E-state index >= 15 is 0 Å². The van der Waals surface area contributed by atoms with Gasteiger partial charge in [0.15, 0.2) is 0 Å². The van der Waals surface area contributed by atoms with Gasteiger partial charge in [-0.25, -0.2) is 9.37 Å². The van der Waals surface area contributed by atoms with Gasteiger partial charge < -0.3 is 5.32 Å². The number of rotatable bonds is 7. The second-order valence-corrected chi connectivity index (χ2v) is 8.44. The highest BCUT2D eigenvalue weighted by Crippen LogP contribution is 2.35. The molecule has 0 fully saturated rings. The molecule has 2 N–H and O–H groups in total. The molecule has 4 rings (SSSR count). The number of anilines is 1. The Bertz CT molecular complexity index is 1320. The first-order valence-electron chi connectivity index (χ1n) is 10.3. The predicted octanol–water partition coefficient (Wildman–Crippen LogP) is 6.61. The normalized spacial score (nSPS) is 12.6. The van der Waals surface area contributed by atoms with E-state index in [-0.39, 0.29) is 16.7 Å². The SMILES string of the molecule is O=C(Nc1cccc(C(F)(F)F)c1)C(Sc1n[nH]c(/C=C/c2ccc(F)cc2)n1)c1ccccc1. The summed E-state index contributed by atoms with van der Waals surface area (Å²) < 4.78 is 52.2. The summed E-state index contributed by atoms with van der Waals surface area (Å²) in [7, 11) is 0. The number of aromatic amines is 1. The lowest BCUT2D eigenvalue weighted by atomic mass is 10.1. The summed E-state index contributed by atoms with van der Waals surface area (Å²) in [5, 5.41) is 8.90. The molecule has 1 atom stereocenters. The van der Waals surface area contributed by atoms with Crippen molar-refractivity contribution in [2.75, 3.05) is 5.32 Å². The number of aromatic nitrogens is 3. The maximum absolute atomic E-state index is 13.1. The highest BCUT2D eigenvalue weighted by molar-refractivity contribution is 8.00. The van der Waals surface area contributed by atoms with Crippen LogP contribution in [0.15, 0.2) is 84.0 Å². The molecule has 0 aliphatic heterocycles. The molecular weight excluding hydrogens is 480 g/mol. The van der Waals surface area contributed by atoms with Crippen molar-refractivity contribution in [2.24, 2.45) is 0 Å². The molecule has 0 spiro atoms. The molecule has 1 amide bonds. The maximum atomic E-state index is 13.1. The van der Waals surface area contributed by atoms with Crippen LogP contribution in [0.1, 0.15) is 27.8 Å². The molecule has 10 heteroatoms. The zero-order chi connectivity index (χ0) is 24.8. The van der Waals surface area contributed by atoms with Crippen LogP contribution in [0.5, 0.6) is 0 Å². The topological polar surface area (TPSA) is 70.7 Å². The van der Waals surface area contributed by atoms with Crippen LogP contribution in [0.2, 0.25) is 0 Å². The number of nitrogens with zero attached hydrogens (tertiary/aromatic N) is 2. The molecule has 0 bridgehead atoms. The third-order valence-electron chi connectivity index (χ3n) is 4.81. The van der Waals surface area contributed by atoms with Gasteiger partial charge in [0.1, 0.15) is 16.9 Å². The lowest BCUT2D eigenvalue weighted by Crippen LogP contribution is -2.19. The van der Waals surface area contributed by atoms with E-state index in [1.807, 2.05) is 0 Å². The molecule has 35 heavy (non-hydrogen) atoms. The first-order valence-corrected chi connectivity index (χ1v) is 11.2. The van der Waals surface area contributed by atoms with Gasteiger partial charge in [-0.2, -0.15) is 13.2 Å². The largest absolute Gasteiger partial charge is 0.416 e. The van der Waals surface area contributed by atoms with Crippen LogP contribution in [-0.2, 0) is 11.0 Å². The van der Waals surface area contributed by atoms with E-state index in [9.17, 15) is 22.4 Å². The minimum atomic E-state index is -4.52. The van der Waals surface area contributed by atoms with E-state index < -0.39 is 22.9 Å². The Hall–Kier alpha value is -3.92. The summed E-state index contributed by atoms with van der Waals surface area (Å²) in [6.07, 6.45) is -1.14. The highest BCUT2D eigenvalue weighted by atomic mass is 32.2.